The minimum atomic E-state index is -2.17. The number of urea groups is 1. The standard InChI is InChI=1S/C23H21N3O3/c27-21(24-16-15-17-9-3-1-4-10-17)23(29)19-13-7-8-14-20(19)25-22(28)26(23)18-11-5-2-6-12-18/h1-14,29H,15-16H2,(H,24,27)(H,25,28)/t23-/m0/s1. The quantitative estimate of drug-likeness (QED) is 0.629. The van der Waals surface area contributed by atoms with Crippen LogP contribution in [0, 0.1) is 0 Å². The number of amides is 3. The molecule has 0 unspecified atom stereocenters. The van der Waals surface area contributed by atoms with Crippen molar-refractivity contribution in [2.75, 3.05) is 16.8 Å². The number of para-hydroxylation sites is 2. The number of nitrogens with one attached hydrogen (secondary N) is 2. The number of hydrogen-bond acceptors (Lipinski definition) is 3. The fourth-order valence-corrected chi connectivity index (χ4v) is 3.53. The van der Waals surface area contributed by atoms with Crippen LogP contribution in [0.3, 0.4) is 0 Å². The van der Waals surface area contributed by atoms with Crippen molar-refractivity contribution in [2.24, 2.45) is 0 Å². The molecule has 0 aliphatic carbocycles. The highest BCUT2D eigenvalue weighted by molar-refractivity contribution is 6.11. The summed E-state index contributed by atoms with van der Waals surface area (Å²) in [5.41, 5.74) is 0.0458. The predicted molar refractivity (Wildman–Crippen MR) is 111 cm³/mol. The summed E-state index contributed by atoms with van der Waals surface area (Å²) in [7, 11) is 0. The van der Waals surface area contributed by atoms with E-state index >= 15 is 0 Å². The lowest BCUT2D eigenvalue weighted by molar-refractivity contribution is -0.140. The summed E-state index contributed by atoms with van der Waals surface area (Å²) in [4.78, 5) is 27.2. The normalized spacial score (nSPS) is 18.0. The molecule has 0 aromatic heterocycles. The Labute approximate surface area is 168 Å². The molecule has 29 heavy (non-hydrogen) atoms. The summed E-state index contributed by atoms with van der Waals surface area (Å²) >= 11 is 0. The summed E-state index contributed by atoms with van der Waals surface area (Å²) in [5.74, 6) is -0.653. The van der Waals surface area contributed by atoms with Crippen LogP contribution < -0.4 is 15.5 Å². The SMILES string of the molecule is O=C1Nc2ccccc2[C@](O)(C(=O)NCCc2ccccc2)N1c1ccccc1. The first-order valence-corrected chi connectivity index (χ1v) is 9.41. The minimum absolute atomic E-state index is 0.320. The van der Waals surface area contributed by atoms with Gasteiger partial charge in [0.2, 0.25) is 0 Å². The maximum absolute atomic E-state index is 13.2. The molecule has 1 aliphatic heterocycles. The Balaban J connectivity index is 1.67. The number of benzene rings is 3. The van der Waals surface area contributed by atoms with Crippen molar-refractivity contribution in [3.63, 3.8) is 0 Å². The van der Waals surface area contributed by atoms with Gasteiger partial charge in [-0.2, -0.15) is 0 Å². The summed E-state index contributed by atoms with van der Waals surface area (Å²) in [5, 5.41) is 17.2. The van der Waals surface area contributed by atoms with Gasteiger partial charge in [-0.3, -0.25) is 9.69 Å². The Hall–Kier alpha value is -3.64. The largest absolute Gasteiger partial charge is 0.359 e. The van der Waals surface area contributed by atoms with Crippen LogP contribution in [-0.2, 0) is 16.9 Å². The van der Waals surface area contributed by atoms with Gasteiger partial charge in [0.1, 0.15) is 0 Å². The summed E-state index contributed by atoms with van der Waals surface area (Å²) in [6.45, 7) is 0.331. The van der Waals surface area contributed by atoms with Crippen molar-refractivity contribution >= 4 is 23.3 Å². The van der Waals surface area contributed by atoms with E-state index < -0.39 is 17.7 Å². The number of nitrogens with zero attached hydrogens (tertiary/aromatic N) is 1. The van der Waals surface area contributed by atoms with Crippen LogP contribution in [-0.4, -0.2) is 23.6 Å². The average Bonchev–Trinajstić information content (AvgIpc) is 2.75. The van der Waals surface area contributed by atoms with Crippen LogP contribution in [0.25, 0.3) is 0 Å². The third-order valence-corrected chi connectivity index (χ3v) is 4.94. The molecule has 1 heterocycles. The molecule has 146 valence electrons. The van der Waals surface area contributed by atoms with Crippen molar-refractivity contribution in [3.8, 4) is 0 Å². The Morgan fingerprint density at radius 3 is 2.28 bits per heavy atom. The van der Waals surface area contributed by atoms with Gasteiger partial charge in [0.05, 0.1) is 5.69 Å². The third kappa shape index (κ3) is 3.46. The molecule has 0 spiro atoms. The lowest BCUT2D eigenvalue weighted by Gasteiger charge is -2.42. The molecule has 3 N–H and O–H groups in total. The fourth-order valence-electron chi connectivity index (χ4n) is 3.53. The van der Waals surface area contributed by atoms with Crippen LogP contribution in [0.2, 0.25) is 0 Å². The number of carbonyl (C=O) groups is 2. The zero-order valence-electron chi connectivity index (χ0n) is 15.7. The molecular formula is C23H21N3O3. The average molecular weight is 387 g/mol. The van der Waals surface area contributed by atoms with Crippen molar-refractivity contribution in [2.45, 2.75) is 12.1 Å². The van der Waals surface area contributed by atoms with Crippen molar-refractivity contribution in [1.29, 1.82) is 0 Å². The van der Waals surface area contributed by atoms with Gasteiger partial charge in [-0.1, -0.05) is 66.7 Å². The van der Waals surface area contributed by atoms with Gasteiger partial charge in [0.15, 0.2) is 0 Å². The molecule has 3 aromatic carbocycles. The number of aliphatic hydroxyl groups is 1. The maximum Gasteiger partial charge on any atom is 0.329 e. The van der Waals surface area contributed by atoms with E-state index in [-0.39, 0.29) is 0 Å². The topological polar surface area (TPSA) is 81.7 Å². The molecule has 1 aliphatic rings. The smallest absolute Gasteiger partial charge is 0.329 e. The second-order valence-electron chi connectivity index (χ2n) is 6.81. The van der Waals surface area contributed by atoms with Gasteiger partial charge in [-0.15, -0.1) is 0 Å². The maximum atomic E-state index is 13.2. The van der Waals surface area contributed by atoms with Crippen LogP contribution in [0.1, 0.15) is 11.1 Å². The fraction of sp³-hybridized carbons (Fsp3) is 0.130. The molecule has 6 nitrogen and oxygen atoms in total. The van der Waals surface area contributed by atoms with Crippen molar-refractivity contribution in [1.82, 2.24) is 5.32 Å². The van der Waals surface area contributed by atoms with Gasteiger partial charge in [0, 0.05) is 17.8 Å². The van der Waals surface area contributed by atoms with Crippen LogP contribution >= 0.6 is 0 Å². The highest BCUT2D eigenvalue weighted by atomic mass is 16.3. The Morgan fingerprint density at radius 1 is 0.931 bits per heavy atom. The van der Waals surface area contributed by atoms with E-state index in [0.29, 0.717) is 29.9 Å². The van der Waals surface area contributed by atoms with Crippen LogP contribution in [0.15, 0.2) is 84.9 Å². The summed E-state index contributed by atoms with van der Waals surface area (Å²) < 4.78 is 0. The molecule has 3 aromatic rings. The zero-order valence-corrected chi connectivity index (χ0v) is 15.7. The Morgan fingerprint density at radius 2 is 1.55 bits per heavy atom. The van der Waals surface area contributed by atoms with E-state index in [2.05, 4.69) is 10.6 Å². The van der Waals surface area contributed by atoms with E-state index in [1.807, 2.05) is 30.3 Å². The number of fused-ring (bicyclic) bond motifs is 1. The Bertz CT molecular complexity index is 1020. The van der Waals surface area contributed by atoms with Gasteiger partial charge < -0.3 is 15.7 Å². The van der Waals surface area contributed by atoms with E-state index in [9.17, 15) is 14.7 Å². The van der Waals surface area contributed by atoms with Crippen molar-refractivity contribution in [3.05, 3.63) is 96.1 Å². The third-order valence-electron chi connectivity index (χ3n) is 4.94. The first-order valence-electron chi connectivity index (χ1n) is 9.41. The number of carbonyl (C=O) groups excluding carboxylic acids is 2. The number of anilines is 2. The first kappa shape index (κ1) is 18.7. The Kier molecular flexibility index (Phi) is 5.01. The first-order chi connectivity index (χ1) is 14.1. The van der Waals surface area contributed by atoms with Gasteiger partial charge in [0.25, 0.3) is 11.6 Å². The molecule has 6 heteroatoms. The minimum Gasteiger partial charge on any atom is -0.359 e. The molecule has 4 rings (SSSR count). The van der Waals surface area contributed by atoms with E-state index in [1.165, 1.54) is 0 Å². The second kappa shape index (κ2) is 7.77. The predicted octanol–water partition coefficient (Wildman–Crippen LogP) is 3.24. The van der Waals surface area contributed by atoms with E-state index in [1.54, 1.807) is 54.6 Å². The van der Waals surface area contributed by atoms with E-state index in [0.717, 1.165) is 10.5 Å². The number of rotatable bonds is 5. The molecule has 0 radical (unpaired) electrons. The van der Waals surface area contributed by atoms with Crippen LogP contribution in [0.4, 0.5) is 16.2 Å². The van der Waals surface area contributed by atoms with Gasteiger partial charge in [-0.25, -0.2) is 4.79 Å². The lowest BCUT2D eigenvalue weighted by Crippen LogP contribution is -2.62. The lowest BCUT2D eigenvalue weighted by atomic mass is 9.94. The monoisotopic (exact) mass is 387 g/mol. The molecule has 3 amide bonds. The molecule has 0 fully saturated rings. The molecule has 1 atom stereocenters. The second-order valence-corrected chi connectivity index (χ2v) is 6.81. The molecule has 0 saturated heterocycles. The highest BCUT2D eigenvalue weighted by Gasteiger charge is 2.51. The number of hydrogen-bond donors (Lipinski definition) is 3. The van der Waals surface area contributed by atoms with Crippen LogP contribution in [0.5, 0.6) is 0 Å². The summed E-state index contributed by atoms with van der Waals surface area (Å²) in [6, 6.07) is 24.6. The molecule has 0 saturated carbocycles. The van der Waals surface area contributed by atoms with Gasteiger partial charge >= 0.3 is 6.03 Å². The summed E-state index contributed by atoms with van der Waals surface area (Å²) in [6.07, 6.45) is 0.613. The zero-order chi connectivity index (χ0) is 20.3. The van der Waals surface area contributed by atoms with Crippen molar-refractivity contribution < 1.29 is 14.7 Å². The van der Waals surface area contributed by atoms with E-state index in [4.69, 9.17) is 0 Å². The molecular weight excluding hydrogens is 366 g/mol. The van der Waals surface area contributed by atoms with Gasteiger partial charge in [-0.05, 0) is 30.2 Å². The highest BCUT2D eigenvalue weighted by Crippen LogP contribution is 2.39. The molecule has 0 bridgehead atoms.